The zero-order valence-electron chi connectivity index (χ0n) is 6.84. The second-order valence-electron chi connectivity index (χ2n) is 2.56. The molecule has 0 aliphatic carbocycles. The van der Waals surface area contributed by atoms with Gasteiger partial charge < -0.3 is 10.6 Å². The van der Waals surface area contributed by atoms with Gasteiger partial charge in [-0.25, -0.2) is 0 Å². The van der Waals surface area contributed by atoms with Crippen LogP contribution in [0.5, 0.6) is 5.75 Å². The fourth-order valence-electron chi connectivity index (χ4n) is 0.978. The lowest BCUT2D eigenvalue weighted by Crippen LogP contribution is -2.03. The Morgan fingerprint density at radius 1 is 1.62 bits per heavy atom. The molecule has 1 N–H and O–H groups in total. The largest absolute Gasteiger partial charge is 0.508 e. The molecule has 66 valence electrons. The van der Waals surface area contributed by atoms with E-state index in [4.69, 9.17) is 10.6 Å². The first-order valence-corrected chi connectivity index (χ1v) is 3.70. The van der Waals surface area contributed by atoms with Crippen molar-refractivity contribution in [2.24, 2.45) is 0 Å². The summed E-state index contributed by atoms with van der Waals surface area (Å²) < 4.78 is 0. The average Bonchev–Trinajstić information content (AvgIpc) is 2.04. The number of rotatable bonds is 3. The molecule has 1 aromatic carbocycles. The summed E-state index contributed by atoms with van der Waals surface area (Å²) in [6.07, 6.45) is 0.961. The van der Waals surface area contributed by atoms with Crippen molar-refractivity contribution >= 4 is 12.0 Å². The van der Waals surface area contributed by atoms with Crippen LogP contribution in [-0.4, -0.2) is 21.9 Å². The van der Waals surface area contributed by atoms with Crippen LogP contribution in [0.3, 0.4) is 0 Å². The van der Waals surface area contributed by atoms with E-state index in [1.165, 1.54) is 12.1 Å². The van der Waals surface area contributed by atoms with Crippen molar-refractivity contribution < 1.29 is 14.7 Å². The van der Waals surface area contributed by atoms with Crippen molar-refractivity contribution in [3.8, 4) is 5.75 Å². The molecule has 0 atom stereocenters. The van der Waals surface area contributed by atoms with Crippen molar-refractivity contribution in [1.29, 1.82) is 0 Å². The summed E-state index contributed by atoms with van der Waals surface area (Å²) in [5.74, 6) is -0.195. The summed E-state index contributed by atoms with van der Waals surface area (Å²) >= 11 is 0. The minimum Gasteiger partial charge on any atom is -0.508 e. The normalized spacial score (nSPS) is 8.92. The first-order chi connectivity index (χ1) is 6.22. The highest BCUT2D eigenvalue weighted by Gasteiger charge is 2.04. The van der Waals surface area contributed by atoms with Gasteiger partial charge >= 0.3 is 6.21 Å². The third-order valence-corrected chi connectivity index (χ3v) is 1.49. The smallest absolute Gasteiger partial charge is 0.323 e. The van der Waals surface area contributed by atoms with Crippen molar-refractivity contribution in [2.75, 3.05) is 0 Å². The van der Waals surface area contributed by atoms with Crippen molar-refractivity contribution in [3.05, 3.63) is 35.4 Å². The maximum atomic E-state index is 10.9. The summed E-state index contributed by atoms with van der Waals surface area (Å²) in [6, 6.07) is 6.37. The van der Waals surface area contributed by atoms with Crippen LogP contribution in [-0.2, 0) is 11.2 Å². The van der Waals surface area contributed by atoms with Crippen LogP contribution in [0.4, 0.5) is 0 Å². The Morgan fingerprint density at radius 3 is 3.00 bits per heavy atom. The Kier molecular flexibility index (Phi) is 2.95. The lowest BCUT2D eigenvalue weighted by atomic mass is 10.1. The maximum Gasteiger partial charge on any atom is 0.323 e. The van der Waals surface area contributed by atoms with Crippen LogP contribution < -0.4 is 0 Å². The van der Waals surface area contributed by atoms with Crippen LogP contribution in [0.1, 0.15) is 5.56 Å². The summed E-state index contributed by atoms with van der Waals surface area (Å²) in [5, 5.41) is 9.06. The minimum absolute atomic E-state index is 0.117. The molecule has 1 rings (SSSR count). The number of carbonyl (C=O) groups excluding carboxylic acids is 1. The molecule has 0 saturated heterocycles. The number of phenolic OH excluding ortho intramolecular Hbond substituents is 1. The molecule has 0 heterocycles. The van der Waals surface area contributed by atoms with E-state index in [1.807, 2.05) is 0 Å². The molecule has 0 saturated carbocycles. The van der Waals surface area contributed by atoms with Crippen molar-refractivity contribution in [2.45, 2.75) is 6.42 Å². The topological polar surface area (TPSA) is 73.7 Å². The van der Waals surface area contributed by atoms with E-state index in [1.54, 1.807) is 12.1 Å². The highest BCUT2D eigenvalue weighted by Crippen LogP contribution is 2.10. The lowest BCUT2D eigenvalue weighted by molar-refractivity contribution is -0.115. The average molecular weight is 176 g/mol. The van der Waals surface area contributed by atoms with Crippen LogP contribution in [0.2, 0.25) is 0 Å². The van der Waals surface area contributed by atoms with E-state index in [9.17, 15) is 4.79 Å². The predicted molar refractivity (Wildman–Crippen MR) is 46.5 cm³/mol. The van der Waals surface area contributed by atoms with Crippen LogP contribution >= 0.6 is 0 Å². The number of ketones is 1. The Labute approximate surface area is 75.1 Å². The van der Waals surface area contributed by atoms with Crippen molar-refractivity contribution in [1.82, 2.24) is 0 Å². The molecular weight excluding hydrogens is 168 g/mol. The van der Waals surface area contributed by atoms with Gasteiger partial charge in [-0.15, -0.1) is 0 Å². The number of carbonyl (C=O) groups is 1. The molecule has 4 nitrogen and oxygen atoms in total. The Bertz CT molecular complexity index is 368. The fourth-order valence-corrected chi connectivity index (χ4v) is 0.978. The second kappa shape index (κ2) is 4.18. The van der Waals surface area contributed by atoms with Crippen LogP contribution in [0.25, 0.3) is 5.53 Å². The Balaban J connectivity index is 2.74. The van der Waals surface area contributed by atoms with E-state index in [0.717, 1.165) is 6.21 Å². The molecule has 1 aromatic rings. The molecular formula is C9H8N2O2. The number of benzene rings is 1. The van der Waals surface area contributed by atoms with Gasteiger partial charge in [-0.05, 0) is 17.7 Å². The number of nitrogens with zero attached hydrogens (tertiary/aromatic N) is 2. The van der Waals surface area contributed by atoms with Crippen molar-refractivity contribution in [3.63, 3.8) is 0 Å². The highest BCUT2D eigenvalue weighted by molar-refractivity contribution is 6.25. The molecule has 0 aliphatic rings. The van der Waals surface area contributed by atoms with Gasteiger partial charge in [-0.2, -0.15) is 4.79 Å². The van der Waals surface area contributed by atoms with E-state index >= 15 is 0 Å². The minimum atomic E-state index is -0.312. The molecule has 0 aliphatic heterocycles. The zero-order valence-corrected chi connectivity index (χ0v) is 6.84. The number of aromatic hydroxyl groups is 1. The molecule has 0 bridgehead atoms. The van der Waals surface area contributed by atoms with E-state index in [0.29, 0.717) is 5.56 Å². The second-order valence-corrected chi connectivity index (χ2v) is 2.56. The van der Waals surface area contributed by atoms with Gasteiger partial charge in [0.1, 0.15) is 5.75 Å². The van der Waals surface area contributed by atoms with Gasteiger partial charge in [0, 0.05) is 6.42 Å². The molecule has 0 radical (unpaired) electrons. The number of Topliss-reactive ketones (excluding diaryl/α,β-unsaturated/α-hetero) is 1. The van der Waals surface area contributed by atoms with Gasteiger partial charge in [0.25, 0.3) is 0 Å². The first-order valence-electron chi connectivity index (χ1n) is 3.70. The maximum absolute atomic E-state index is 10.9. The van der Waals surface area contributed by atoms with Gasteiger partial charge in [0.15, 0.2) is 0 Å². The highest BCUT2D eigenvalue weighted by atomic mass is 16.3. The number of hydrogen-bond acceptors (Lipinski definition) is 2. The van der Waals surface area contributed by atoms with Crippen LogP contribution in [0.15, 0.2) is 24.3 Å². The summed E-state index contributed by atoms with van der Waals surface area (Å²) in [7, 11) is 0. The fraction of sp³-hybridized carbons (Fsp3) is 0.111. The summed E-state index contributed by atoms with van der Waals surface area (Å²) in [6.45, 7) is 0. The molecule has 0 amide bonds. The SMILES string of the molecule is [N-]=[N+]=CC(=O)Cc1cccc(O)c1. The van der Waals surface area contributed by atoms with E-state index < -0.39 is 0 Å². The quantitative estimate of drug-likeness (QED) is 0.420. The molecule has 0 spiro atoms. The third kappa shape index (κ3) is 2.89. The van der Waals surface area contributed by atoms with E-state index in [2.05, 4.69) is 4.79 Å². The van der Waals surface area contributed by atoms with Gasteiger partial charge in [0.05, 0.1) is 0 Å². The van der Waals surface area contributed by atoms with Gasteiger partial charge in [0.2, 0.25) is 5.78 Å². The monoisotopic (exact) mass is 176 g/mol. The molecule has 13 heavy (non-hydrogen) atoms. The molecule has 4 heteroatoms. The number of hydrogen-bond donors (Lipinski definition) is 1. The zero-order chi connectivity index (χ0) is 9.68. The molecule has 0 aromatic heterocycles. The van der Waals surface area contributed by atoms with Gasteiger partial charge in [-0.1, -0.05) is 12.1 Å². The number of phenols is 1. The summed E-state index contributed by atoms with van der Waals surface area (Å²) in [5.41, 5.74) is 8.75. The van der Waals surface area contributed by atoms with Gasteiger partial charge in [-0.3, -0.25) is 4.79 Å². The summed E-state index contributed by atoms with van der Waals surface area (Å²) in [4.78, 5) is 13.5. The van der Waals surface area contributed by atoms with E-state index in [-0.39, 0.29) is 18.0 Å². The van der Waals surface area contributed by atoms with Crippen LogP contribution in [0, 0.1) is 0 Å². The standard InChI is InChI=1S/C9H8N2O2/c10-11-6-9(13)5-7-2-1-3-8(12)4-7/h1-4,6,12H,5H2. The Morgan fingerprint density at radius 2 is 2.38 bits per heavy atom. The first kappa shape index (κ1) is 9.16. The molecule has 0 fully saturated rings. The Hall–Kier alpha value is -1.93. The third-order valence-electron chi connectivity index (χ3n) is 1.49. The predicted octanol–water partition coefficient (Wildman–Crippen LogP) is 0.804. The lowest BCUT2D eigenvalue weighted by Gasteiger charge is -1.95. The molecule has 0 unspecified atom stereocenters.